The number of para-hydroxylation sites is 1. The van der Waals surface area contributed by atoms with Crippen LogP contribution in [0.2, 0.25) is 5.02 Å². The molecule has 21 heavy (non-hydrogen) atoms. The zero-order chi connectivity index (χ0) is 14.8. The molecule has 1 heterocycles. The molecule has 0 saturated carbocycles. The number of Topliss-reactive ketones (excluding diaryl/α,β-unsaturated/α-hetero) is 1. The molecule has 0 aliphatic rings. The number of carbonyl (C=O) groups is 1. The number of benzene rings is 2. The second kappa shape index (κ2) is 6.12. The van der Waals surface area contributed by atoms with E-state index in [1.165, 1.54) is 0 Å². The summed E-state index contributed by atoms with van der Waals surface area (Å²) in [5, 5.41) is 1.68. The van der Waals surface area contributed by atoms with E-state index < -0.39 is 0 Å². The van der Waals surface area contributed by atoms with Crippen molar-refractivity contribution in [2.75, 3.05) is 0 Å². The third-order valence-corrected chi connectivity index (χ3v) is 4.81. The zero-order valence-corrected chi connectivity index (χ0v) is 13.9. The zero-order valence-electron chi connectivity index (χ0n) is 11.0. The van der Waals surface area contributed by atoms with E-state index in [2.05, 4.69) is 27.6 Å². The van der Waals surface area contributed by atoms with Gasteiger partial charge in [0.2, 0.25) is 0 Å². The van der Waals surface area contributed by atoms with Crippen molar-refractivity contribution in [3.05, 3.63) is 74.4 Å². The Morgan fingerprint density at radius 3 is 2.71 bits per heavy atom. The van der Waals surface area contributed by atoms with Crippen molar-refractivity contribution in [2.24, 2.45) is 0 Å². The van der Waals surface area contributed by atoms with E-state index in [1.807, 2.05) is 42.5 Å². The van der Waals surface area contributed by atoms with Gasteiger partial charge in [-0.1, -0.05) is 41.9 Å². The highest BCUT2D eigenvalue weighted by atomic mass is 127. The summed E-state index contributed by atoms with van der Waals surface area (Å²) in [6.07, 6.45) is 0.280. The van der Waals surface area contributed by atoms with E-state index in [1.54, 1.807) is 12.1 Å². The first-order valence-electron chi connectivity index (χ1n) is 6.46. The molecule has 0 aliphatic carbocycles. The summed E-state index contributed by atoms with van der Waals surface area (Å²) in [5.74, 6) is 0.0241. The Morgan fingerprint density at radius 1 is 1.10 bits per heavy atom. The van der Waals surface area contributed by atoms with Crippen LogP contribution < -0.4 is 0 Å². The average Bonchev–Trinajstić information content (AvgIpc) is 2.50. The summed E-state index contributed by atoms with van der Waals surface area (Å²) in [6, 6.07) is 17.1. The summed E-state index contributed by atoms with van der Waals surface area (Å²) in [5.41, 5.74) is 2.30. The summed E-state index contributed by atoms with van der Waals surface area (Å²) < 4.78 is 0.939. The first-order chi connectivity index (χ1) is 10.1. The highest BCUT2D eigenvalue weighted by molar-refractivity contribution is 14.1. The fraction of sp³-hybridized carbons (Fsp3) is 0.0588. The van der Waals surface area contributed by atoms with Gasteiger partial charge in [-0.05, 0) is 46.9 Å². The van der Waals surface area contributed by atoms with E-state index in [9.17, 15) is 4.79 Å². The fourth-order valence-corrected chi connectivity index (χ4v) is 2.66. The number of nitrogens with zero attached hydrogens (tertiary/aromatic N) is 1. The Kier molecular flexibility index (Phi) is 4.22. The van der Waals surface area contributed by atoms with Gasteiger partial charge >= 0.3 is 0 Å². The first-order valence-corrected chi connectivity index (χ1v) is 7.92. The number of aromatic nitrogens is 1. The van der Waals surface area contributed by atoms with Crippen molar-refractivity contribution in [1.29, 1.82) is 0 Å². The van der Waals surface area contributed by atoms with E-state index in [0.29, 0.717) is 10.6 Å². The lowest BCUT2D eigenvalue weighted by atomic mass is 10.1. The number of halogens is 2. The summed E-state index contributed by atoms with van der Waals surface area (Å²) >= 11 is 8.21. The predicted octanol–water partition coefficient (Wildman–Crippen LogP) is 4.92. The number of hydrogen-bond donors (Lipinski definition) is 0. The molecule has 0 radical (unpaired) electrons. The van der Waals surface area contributed by atoms with Gasteiger partial charge in [-0.2, -0.15) is 0 Å². The molecule has 3 rings (SSSR count). The van der Waals surface area contributed by atoms with Crippen molar-refractivity contribution in [3.63, 3.8) is 0 Å². The van der Waals surface area contributed by atoms with Crippen molar-refractivity contribution in [3.8, 4) is 0 Å². The van der Waals surface area contributed by atoms with Crippen LogP contribution in [-0.2, 0) is 6.42 Å². The smallest absolute Gasteiger partial charge is 0.168 e. The SMILES string of the molecule is O=C(Cc1ccc2ccccc2n1)c1ccc(I)c(Cl)c1. The molecule has 3 aromatic rings. The second-order valence-corrected chi connectivity index (χ2v) is 6.29. The molecule has 0 aliphatic heterocycles. The van der Waals surface area contributed by atoms with Crippen LogP contribution in [0.15, 0.2) is 54.6 Å². The van der Waals surface area contributed by atoms with Gasteiger partial charge < -0.3 is 0 Å². The van der Waals surface area contributed by atoms with Gasteiger partial charge in [0, 0.05) is 20.2 Å². The highest BCUT2D eigenvalue weighted by Crippen LogP contribution is 2.21. The Hall–Kier alpha value is -1.46. The molecule has 2 nitrogen and oxygen atoms in total. The molecular formula is C17H11ClINO. The average molecular weight is 408 g/mol. The van der Waals surface area contributed by atoms with Crippen LogP contribution in [0.4, 0.5) is 0 Å². The summed E-state index contributed by atoms with van der Waals surface area (Å²) in [4.78, 5) is 16.8. The predicted molar refractivity (Wildman–Crippen MR) is 93.9 cm³/mol. The summed E-state index contributed by atoms with van der Waals surface area (Å²) in [7, 11) is 0. The number of hydrogen-bond acceptors (Lipinski definition) is 2. The molecule has 104 valence electrons. The fourth-order valence-electron chi connectivity index (χ4n) is 2.14. The third-order valence-electron chi connectivity index (χ3n) is 3.24. The van der Waals surface area contributed by atoms with Crippen molar-refractivity contribution < 1.29 is 4.79 Å². The third kappa shape index (κ3) is 3.24. The van der Waals surface area contributed by atoms with Gasteiger partial charge in [0.15, 0.2) is 5.78 Å². The van der Waals surface area contributed by atoms with Crippen molar-refractivity contribution >= 4 is 50.9 Å². The van der Waals surface area contributed by atoms with E-state index in [0.717, 1.165) is 20.2 Å². The van der Waals surface area contributed by atoms with Crippen LogP contribution in [0, 0.1) is 3.57 Å². The Morgan fingerprint density at radius 2 is 1.90 bits per heavy atom. The molecule has 0 atom stereocenters. The quantitative estimate of drug-likeness (QED) is 0.456. The molecule has 0 amide bonds. The molecule has 0 spiro atoms. The van der Waals surface area contributed by atoms with E-state index in [4.69, 9.17) is 11.6 Å². The Labute approximate surface area is 141 Å². The van der Waals surface area contributed by atoms with Gasteiger partial charge in [0.05, 0.1) is 17.0 Å². The molecule has 0 saturated heterocycles. The lowest BCUT2D eigenvalue weighted by molar-refractivity contribution is 0.0992. The molecule has 0 fully saturated rings. The maximum atomic E-state index is 12.3. The second-order valence-electron chi connectivity index (χ2n) is 4.72. The molecule has 0 N–H and O–H groups in total. The van der Waals surface area contributed by atoms with Crippen LogP contribution in [0.5, 0.6) is 0 Å². The largest absolute Gasteiger partial charge is 0.294 e. The Balaban J connectivity index is 1.87. The van der Waals surface area contributed by atoms with Gasteiger partial charge in [0.1, 0.15) is 0 Å². The van der Waals surface area contributed by atoms with Gasteiger partial charge in [-0.25, -0.2) is 0 Å². The molecule has 1 aromatic heterocycles. The topological polar surface area (TPSA) is 30.0 Å². The van der Waals surface area contributed by atoms with E-state index >= 15 is 0 Å². The maximum Gasteiger partial charge on any atom is 0.168 e. The lowest BCUT2D eigenvalue weighted by Gasteiger charge is -2.04. The van der Waals surface area contributed by atoms with Gasteiger partial charge in [-0.3, -0.25) is 9.78 Å². The van der Waals surface area contributed by atoms with Crippen LogP contribution in [0.3, 0.4) is 0 Å². The molecule has 2 aromatic carbocycles. The maximum absolute atomic E-state index is 12.3. The minimum atomic E-state index is 0.0241. The molecule has 4 heteroatoms. The molecule has 0 bridgehead atoms. The number of ketones is 1. The van der Waals surface area contributed by atoms with Crippen molar-refractivity contribution in [1.82, 2.24) is 4.98 Å². The van der Waals surface area contributed by atoms with Crippen LogP contribution >= 0.6 is 34.2 Å². The number of pyridine rings is 1. The van der Waals surface area contributed by atoms with Crippen LogP contribution in [0.25, 0.3) is 10.9 Å². The number of carbonyl (C=O) groups excluding carboxylic acids is 1. The minimum Gasteiger partial charge on any atom is -0.294 e. The Bertz CT molecular complexity index is 832. The molecular weight excluding hydrogens is 397 g/mol. The highest BCUT2D eigenvalue weighted by Gasteiger charge is 2.10. The monoisotopic (exact) mass is 407 g/mol. The van der Waals surface area contributed by atoms with Crippen LogP contribution in [0.1, 0.15) is 16.1 Å². The number of fused-ring (bicyclic) bond motifs is 1. The lowest BCUT2D eigenvalue weighted by Crippen LogP contribution is -2.05. The van der Waals surface area contributed by atoms with Gasteiger partial charge in [-0.15, -0.1) is 0 Å². The van der Waals surface area contributed by atoms with E-state index in [-0.39, 0.29) is 12.2 Å². The standard InChI is InChI=1S/C17H11ClINO/c18-14-9-12(6-8-15(14)19)17(21)10-13-7-5-11-3-1-2-4-16(11)20-13/h1-9H,10H2. The van der Waals surface area contributed by atoms with Gasteiger partial charge in [0.25, 0.3) is 0 Å². The summed E-state index contributed by atoms with van der Waals surface area (Å²) in [6.45, 7) is 0. The number of rotatable bonds is 3. The minimum absolute atomic E-state index is 0.0241. The van der Waals surface area contributed by atoms with Crippen LogP contribution in [-0.4, -0.2) is 10.8 Å². The molecule has 0 unspecified atom stereocenters. The first kappa shape index (κ1) is 14.5. The van der Waals surface area contributed by atoms with Crippen molar-refractivity contribution in [2.45, 2.75) is 6.42 Å². The normalized spacial score (nSPS) is 10.8.